The first-order chi connectivity index (χ1) is 24.5. The average molecular weight is 893 g/mol. The molecule has 0 aliphatic carbocycles. The number of benzene rings is 3. The van der Waals surface area contributed by atoms with E-state index in [-0.39, 0.29) is 47.9 Å². The summed E-state index contributed by atoms with van der Waals surface area (Å²) >= 11 is 0. The average Bonchev–Trinajstić information content (AvgIpc) is 3.64. The molecule has 0 saturated carbocycles. The molecule has 0 bridgehead atoms. The van der Waals surface area contributed by atoms with Crippen LogP contribution in [0.5, 0.6) is 0 Å². The predicted molar refractivity (Wildman–Crippen MR) is 218 cm³/mol. The number of nitrogens with zero attached hydrogens (tertiary/aromatic N) is 1. The first-order valence-corrected chi connectivity index (χ1v) is 19.1. The number of aryl methyl sites for hydroxylation is 1. The van der Waals surface area contributed by atoms with Crippen LogP contribution in [0.25, 0.3) is 54.9 Å². The number of rotatable bonds is 10. The van der Waals surface area contributed by atoms with Gasteiger partial charge < -0.3 is 13.9 Å². The Kier molecular flexibility index (Phi) is 12.9. The van der Waals surface area contributed by atoms with Crippen molar-refractivity contribution in [3.05, 3.63) is 89.5 Å². The third kappa shape index (κ3) is 8.35. The van der Waals surface area contributed by atoms with Crippen molar-refractivity contribution in [1.82, 2.24) is 4.98 Å². The Morgan fingerprint density at radius 1 is 0.830 bits per heavy atom. The summed E-state index contributed by atoms with van der Waals surface area (Å²) in [4.78, 5) is 17.0. The quantitative estimate of drug-likeness (QED) is 0.0842. The first kappa shape index (κ1) is 42.0. The summed E-state index contributed by atoms with van der Waals surface area (Å²) < 4.78 is 12.6. The van der Waals surface area contributed by atoms with Crippen molar-refractivity contribution in [3.63, 3.8) is 0 Å². The van der Waals surface area contributed by atoms with Gasteiger partial charge in [-0.05, 0) is 61.6 Å². The van der Waals surface area contributed by atoms with Crippen LogP contribution in [0.4, 0.5) is 0 Å². The second kappa shape index (κ2) is 16.3. The number of fused-ring (bicyclic) bond motifs is 5. The van der Waals surface area contributed by atoms with Crippen LogP contribution in [0.1, 0.15) is 119 Å². The van der Waals surface area contributed by atoms with Crippen LogP contribution in [0, 0.1) is 29.7 Å². The number of aromatic nitrogens is 1. The summed E-state index contributed by atoms with van der Waals surface area (Å²) in [7, 11) is 0. The molecule has 0 amide bonds. The number of aliphatic hydroxyl groups excluding tert-OH is 1. The molecule has 0 aliphatic heterocycles. The van der Waals surface area contributed by atoms with E-state index in [0.29, 0.717) is 5.92 Å². The van der Waals surface area contributed by atoms with E-state index in [2.05, 4.69) is 84.0 Å². The van der Waals surface area contributed by atoms with Gasteiger partial charge in [0, 0.05) is 77.5 Å². The Hall–Kier alpha value is -3.73. The zero-order chi connectivity index (χ0) is 38.2. The van der Waals surface area contributed by atoms with Crippen molar-refractivity contribution in [1.29, 1.82) is 0 Å². The first-order valence-electron chi connectivity index (χ1n) is 19.1. The van der Waals surface area contributed by atoms with Gasteiger partial charge in [0.1, 0.15) is 28.3 Å². The molecule has 3 aromatic heterocycles. The van der Waals surface area contributed by atoms with Gasteiger partial charge in [0.25, 0.3) is 0 Å². The van der Waals surface area contributed by atoms with E-state index in [1.807, 2.05) is 59.9 Å². The molecule has 0 atom stereocenters. The van der Waals surface area contributed by atoms with Crippen LogP contribution in [-0.4, -0.2) is 15.9 Å². The van der Waals surface area contributed by atoms with Gasteiger partial charge in [0.05, 0.1) is 0 Å². The Morgan fingerprint density at radius 2 is 1.45 bits per heavy atom. The fraction of sp³-hybridized carbons (Fsp3) is 0.447. The van der Waals surface area contributed by atoms with Crippen LogP contribution in [0.15, 0.2) is 75.4 Å². The zero-order valence-electron chi connectivity index (χ0n) is 33.8. The minimum atomic E-state index is -0.337. The normalized spacial score (nSPS) is 12.8. The molecular formula is C47H58IrNO4-. The van der Waals surface area contributed by atoms with Crippen LogP contribution in [0.2, 0.25) is 0 Å². The van der Waals surface area contributed by atoms with Crippen molar-refractivity contribution in [2.45, 2.75) is 121 Å². The Morgan fingerprint density at radius 3 is 2.06 bits per heavy atom. The number of pyridine rings is 1. The topological polar surface area (TPSA) is 76.5 Å². The molecule has 285 valence electrons. The van der Waals surface area contributed by atoms with Crippen LogP contribution in [-0.2, 0) is 36.7 Å². The number of carbonyl (C=O) groups excluding carboxylic acids is 1. The van der Waals surface area contributed by atoms with Gasteiger partial charge in [-0.2, -0.15) is 0 Å². The van der Waals surface area contributed by atoms with Crippen molar-refractivity contribution in [2.24, 2.45) is 16.7 Å². The number of hydrogen-bond acceptors (Lipinski definition) is 5. The van der Waals surface area contributed by atoms with E-state index in [0.717, 1.165) is 87.4 Å². The predicted octanol–water partition coefficient (Wildman–Crippen LogP) is 13.8. The monoisotopic (exact) mass is 893 g/mol. The van der Waals surface area contributed by atoms with E-state index in [4.69, 9.17) is 13.8 Å². The fourth-order valence-electron chi connectivity index (χ4n) is 6.92. The molecule has 3 aromatic carbocycles. The minimum absolute atomic E-state index is 0. The number of carbonyl (C=O) groups is 1. The molecule has 1 N–H and O–H groups in total. The largest absolute Gasteiger partial charge is 0.512 e. The van der Waals surface area contributed by atoms with Crippen LogP contribution >= 0.6 is 0 Å². The summed E-state index contributed by atoms with van der Waals surface area (Å²) in [6, 6.07) is 20.6. The SMILES string of the molecule is CCC(C)(CC)C(=O)/C=C(\O)C(C)(CC)CC.Cc1c(CC(C)C)oc2cc3oc4ccnc(-c5[c-]c6ccccc6c(C(C)(C)C)c5)c4c3cc12.[Ir]. The molecule has 53 heavy (non-hydrogen) atoms. The Balaban J connectivity index is 0.000000299. The maximum absolute atomic E-state index is 12.2. The third-order valence-corrected chi connectivity index (χ3v) is 11.6. The minimum Gasteiger partial charge on any atom is -0.512 e. The molecule has 3 heterocycles. The number of allylic oxidation sites excluding steroid dienone is 2. The van der Waals surface area contributed by atoms with E-state index < -0.39 is 0 Å². The van der Waals surface area contributed by atoms with Crippen molar-refractivity contribution in [2.75, 3.05) is 0 Å². The maximum Gasteiger partial charge on any atom is 0.164 e. The van der Waals surface area contributed by atoms with Gasteiger partial charge in [0.2, 0.25) is 0 Å². The number of furan rings is 2. The van der Waals surface area contributed by atoms with Gasteiger partial charge in [0.15, 0.2) is 5.78 Å². The molecule has 0 aliphatic rings. The maximum atomic E-state index is 12.2. The molecule has 6 aromatic rings. The second-order valence-corrected chi connectivity index (χ2v) is 16.5. The third-order valence-electron chi connectivity index (χ3n) is 11.6. The Labute approximate surface area is 330 Å². The number of ketones is 1. The Bertz CT molecular complexity index is 2250. The summed E-state index contributed by atoms with van der Waals surface area (Å²) in [6.45, 7) is 25.4. The van der Waals surface area contributed by atoms with Crippen LogP contribution < -0.4 is 0 Å². The standard InChI is InChI=1S/C32H30NO2.C15H28O2.Ir/c1-18(2)13-27-19(3)23-16-24-29(17-28(23)35-27)34-26-11-12-33-31(30(24)26)21-14-20-9-7-8-10-22(20)25(15-21)32(4,5)6;1-7-14(5,8-2)12(16)11-13(17)15(6,9-3)10-4;/h7-12,15-18H,13H2,1-6H3;11,16H,7-10H2,1-6H3;/q-1;;/b;12-11-;. The number of aliphatic hydroxyl groups is 1. The molecule has 0 saturated heterocycles. The van der Waals surface area contributed by atoms with Gasteiger partial charge >= 0.3 is 0 Å². The zero-order valence-corrected chi connectivity index (χ0v) is 36.2. The van der Waals surface area contributed by atoms with Gasteiger partial charge in [-0.3, -0.25) is 9.78 Å². The summed E-state index contributed by atoms with van der Waals surface area (Å²) in [5.41, 5.74) is 6.32. The van der Waals surface area contributed by atoms with Crippen LogP contribution in [0.3, 0.4) is 0 Å². The van der Waals surface area contributed by atoms with E-state index in [9.17, 15) is 9.90 Å². The molecular weight excluding hydrogens is 835 g/mol. The van der Waals surface area contributed by atoms with E-state index in [1.54, 1.807) is 0 Å². The summed E-state index contributed by atoms with van der Waals surface area (Å²) in [6.07, 6.45) is 7.51. The molecule has 1 radical (unpaired) electrons. The van der Waals surface area contributed by atoms with E-state index >= 15 is 0 Å². The van der Waals surface area contributed by atoms with Crippen molar-refractivity contribution in [3.8, 4) is 11.3 Å². The fourth-order valence-corrected chi connectivity index (χ4v) is 6.92. The van der Waals surface area contributed by atoms with Crippen molar-refractivity contribution < 1.29 is 38.8 Å². The summed E-state index contributed by atoms with van der Waals surface area (Å²) in [5, 5.41) is 15.7. The number of hydrogen-bond donors (Lipinski definition) is 1. The molecule has 6 heteroatoms. The molecule has 0 spiro atoms. The molecule has 5 nitrogen and oxygen atoms in total. The summed E-state index contributed by atoms with van der Waals surface area (Å²) in [5.74, 6) is 1.88. The molecule has 0 fully saturated rings. The molecule has 0 unspecified atom stereocenters. The second-order valence-electron chi connectivity index (χ2n) is 16.5. The van der Waals surface area contributed by atoms with Gasteiger partial charge in [-0.25, -0.2) is 0 Å². The molecule has 6 rings (SSSR count). The smallest absolute Gasteiger partial charge is 0.164 e. The van der Waals surface area contributed by atoms with Gasteiger partial charge in [-0.1, -0.05) is 105 Å². The van der Waals surface area contributed by atoms with Crippen molar-refractivity contribution >= 4 is 49.5 Å². The van der Waals surface area contributed by atoms with Gasteiger partial charge in [-0.15, -0.1) is 29.1 Å². The van der Waals surface area contributed by atoms with E-state index in [1.165, 1.54) is 22.6 Å².